The molecule has 0 atom stereocenters. The standard InChI is InChI=1S/C13H17NO4/c1-3-5-8-18-13-7-6-10(12(15)4-2)9-11(13)14(16)17/h6-7,9H,3-5,8H2,1-2H3. The van der Waals surface area contributed by atoms with E-state index in [2.05, 4.69) is 0 Å². The molecule has 0 N–H and O–H groups in total. The van der Waals surface area contributed by atoms with Crippen LogP contribution < -0.4 is 4.74 Å². The number of carbonyl (C=O) groups is 1. The maximum Gasteiger partial charge on any atom is 0.311 e. The third-order valence-electron chi connectivity index (χ3n) is 2.55. The fraction of sp³-hybridized carbons (Fsp3) is 0.462. The Morgan fingerprint density at radius 2 is 2.11 bits per heavy atom. The van der Waals surface area contributed by atoms with E-state index in [1.807, 2.05) is 6.92 Å². The summed E-state index contributed by atoms with van der Waals surface area (Å²) in [7, 11) is 0. The number of hydrogen-bond acceptors (Lipinski definition) is 4. The second-order valence-electron chi connectivity index (χ2n) is 3.92. The van der Waals surface area contributed by atoms with Crippen LogP contribution in [0.2, 0.25) is 0 Å². The summed E-state index contributed by atoms with van der Waals surface area (Å²) in [6.45, 7) is 4.18. The summed E-state index contributed by atoms with van der Waals surface area (Å²) in [5.74, 6) is 0.110. The van der Waals surface area contributed by atoms with Gasteiger partial charge in [-0.3, -0.25) is 14.9 Å². The zero-order valence-corrected chi connectivity index (χ0v) is 10.6. The van der Waals surface area contributed by atoms with Gasteiger partial charge in [-0.25, -0.2) is 0 Å². The normalized spacial score (nSPS) is 10.1. The molecular weight excluding hydrogens is 234 g/mol. The van der Waals surface area contributed by atoms with Crippen molar-refractivity contribution in [2.45, 2.75) is 33.1 Å². The summed E-state index contributed by atoms with van der Waals surface area (Å²) < 4.78 is 5.35. The molecule has 18 heavy (non-hydrogen) atoms. The summed E-state index contributed by atoms with van der Waals surface area (Å²) in [6.07, 6.45) is 2.13. The van der Waals surface area contributed by atoms with Gasteiger partial charge < -0.3 is 4.74 Å². The van der Waals surface area contributed by atoms with Gasteiger partial charge in [-0.1, -0.05) is 20.3 Å². The van der Waals surface area contributed by atoms with Crippen molar-refractivity contribution in [1.82, 2.24) is 0 Å². The molecule has 0 radical (unpaired) electrons. The first-order valence-corrected chi connectivity index (χ1v) is 6.04. The zero-order valence-electron chi connectivity index (χ0n) is 10.6. The number of rotatable bonds is 7. The van der Waals surface area contributed by atoms with Crippen LogP contribution in [-0.2, 0) is 0 Å². The van der Waals surface area contributed by atoms with Crippen molar-refractivity contribution < 1.29 is 14.5 Å². The van der Waals surface area contributed by atoms with Crippen LogP contribution in [-0.4, -0.2) is 17.3 Å². The Morgan fingerprint density at radius 1 is 1.39 bits per heavy atom. The lowest BCUT2D eigenvalue weighted by Gasteiger charge is -2.07. The van der Waals surface area contributed by atoms with Crippen LogP contribution in [0.1, 0.15) is 43.5 Å². The van der Waals surface area contributed by atoms with E-state index in [1.165, 1.54) is 12.1 Å². The van der Waals surface area contributed by atoms with Crippen molar-refractivity contribution in [3.63, 3.8) is 0 Å². The number of hydrogen-bond donors (Lipinski definition) is 0. The summed E-state index contributed by atoms with van der Waals surface area (Å²) >= 11 is 0. The molecule has 1 rings (SSSR count). The molecule has 1 aromatic rings. The Balaban J connectivity index is 2.97. The summed E-state index contributed by atoms with van der Waals surface area (Å²) in [4.78, 5) is 21.9. The van der Waals surface area contributed by atoms with Crippen LogP contribution in [0.3, 0.4) is 0 Å². The first-order chi connectivity index (χ1) is 8.60. The molecule has 0 heterocycles. The summed E-state index contributed by atoms with van der Waals surface area (Å²) in [5.41, 5.74) is 0.206. The predicted molar refractivity (Wildman–Crippen MR) is 68.1 cm³/mol. The smallest absolute Gasteiger partial charge is 0.311 e. The molecule has 0 fully saturated rings. The van der Waals surface area contributed by atoms with Crippen LogP contribution >= 0.6 is 0 Å². The van der Waals surface area contributed by atoms with Crippen molar-refractivity contribution in [2.75, 3.05) is 6.61 Å². The number of ether oxygens (including phenoxy) is 1. The number of nitro groups is 1. The van der Waals surface area contributed by atoms with Crippen LogP contribution in [0.15, 0.2) is 18.2 Å². The van der Waals surface area contributed by atoms with Crippen LogP contribution in [0.4, 0.5) is 5.69 Å². The van der Waals surface area contributed by atoms with Crippen molar-refractivity contribution in [2.24, 2.45) is 0 Å². The molecule has 0 aliphatic carbocycles. The Labute approximate surface area is 106 Å². The number of unbranched alkanes of at least 4 members (excludes halogenated alkanes) is 1. The monoisotopic (exact) mass is 251 g/mol. The van der Waals surface area contributed by atoms with Crippen LogP contribution in [0.5, 0.6) is 5.75 Å². The maximum atomic E-state index is 11.5. The maximum absolute atomic E-state index is 11.5. The topological polar surface area (TPSA) is 69.4 Å². The molecule has 5 nitrogen and oxygen atoms in total. The minimum atomic E-state index is -0.520. The molecule has 0 spiro atoms. The molecule has 0 amide bonds. The second-order valence-corrected chi connectivity index (χ2v) is 3.92. The molecule has 0 aromatic heterocycles. The van der Waals surface area contributed by atoms with Gasteiger partial charge in [-0.2, -0.15) is 0 Å². The molecule has 1 aromatic carbocycles. The highest BCUT2D eigenvalue weighted by atomic mass is 16.6. The minimum absolute atomic E-state index is 0.113. The van der Waals surface area contributed by atoms with Gasteiger partial charge in [-0.05, 0) is 18.6 Å². The van der Waals surface area contributed by atoms with E-state index in [-0.39, 0.29) is 17.2 Å². The Kier molecular flexibility index (Phi) is 5.30. The van der Waals surface area contributed by atoms with E-state index in [0.29, 0.717) is 18.6 Å². The molecule has 0 aliphatic rings. The fourth-order valence-corrected chi connectivity index (χ4v) is 1.49. The highest BCUT2D eigenvalue weighted by Gasteiger charge is 2.17. The number of nitrogens with zero attached hydrogens (tertiary/aromatic N) is 1. The molecular formula is C13H17NO4. The number of Topliss-reactive ketones (excluding diaryl/α,β-unsaturated/α-hetero) is 1. The predicted octanol–water partition coefficient (Wildman–Crippen LogP) is 3.37. The average Bonchev–Trinajstić information content (AvgIpc) is 2.38. The average molecular weight is 251 g/mol. The molecule has 98 valence electrons. The first-order valence-electron chi connectivity index (χ1n) is 6.04. The quantitative estimate of drug-likeness (QED) is 0.322. The largest absolute Gasteiger partial charge is 0.487 e. The van der Waals surface area contributed by atoms with E-state index >= 15 is 0 Å². The molecule has 0 unspecified atom stereocenters. The van der Waals surface area contributed by atoms with Gasteiger partial charge in [0.2, 0.25) is 0 Å². The first kappa shape index (κ1) is 14.2. The Hall–Kier alpha value is -1.91. The highest BCUT2D eigenvalue weighted by Crippen LogP contribution is 2.28. The molecule has 0 saturated heterocycles. The van der Waals surface area contributed by atoms with Crippen LogP contribution in [0, 0.1) is 10.1 Å². The minimum Gasteiger partial charge on any atom is -0.487 e. The van der Waals surface area contributed by atoms with E-state index < -0.39 is 4.92 Å². The Bertz CT molecular complexity index is 443. The second kappa shape index (κ2) is 6.74. The lowest BCUT2D eigenvalue weighted by molar-refractivity contribution is -0.385. The van der Waals surface area contributed by atoms with Gasteiger partial charge in [0.15, 0.2) is 11.5 Å². The van der Waals surface area contributed by atoms with Crippen LogP contribution in [0.25, 0.3) is 0 Å². The van der Waals surface area contributed by atoms with Crippen molar-refractivity contribution >= 4 is 11.5 Å². The van der Waals surface area contributed by atoms with E-state index in [4.69, 9.17) is 4.74 Å². The van der Waals surface area contributed by atoms with E-state index in [9.17, 15) is 14.9 Å². The lowest BCUT2D eigenvalue weighted by atomic mass is 10.1. The third kappa shape index (κ3) is 3.55. The molecule has 0 bridgehead atoms. The van der Waals surface area contributed by atoms with E-state index in [1.54, 1.807) is 13.0 Å². The van der Waals surface area contributed by atoms with Crippen molar-refractivity contribution in [3.05, 3.63) is 33.9 Å². The lowest BCUT2D eigenvalue weighted by Crippen LogP contribution is -2.03. The fourth-order valence-electron chi connectivity index (χ4n) is 1.49. The van der Waals surface area contributed by atoms with Crippen molar-refractivity contribution in [1.29, 1.82) is 0 Å². The number of benzene rings is 1. The number of nitro benzene ring substituents is 1. The van der Waals surface area contributed by atoms with Gasteiger partial charge in [-0.15, -0.1) is 0 Å². The van der Waals surface area contributed by atoms with Crippen molar-refractivity contribution in [3.8, 4) is 5.75 Å². The zero-order chi connectivity index (χ0) is 13.5. The highest BCUT2D eigenvalue weighted by molar-refractivity contribution is 5.96. The Morgan fingerprint density at radius 3 is 2.67 bits per heavy atom. The molecule has 5 heteroatoms. The van der Waals surface area contributed by atoms with Gasteiger partial charge >= 0.3 is 5.69 Å². The van der Waals surface area contributed by atoms with Gasteiger partial charge in [0.1, 0.15) is 0 Å². The molecule has 0 aliphatic heterocycles. The van der Waals surface area contributed by atoms with E-state index in [0.717, 1.165) is 12.8 Å². The van der Waals surface area contributed by atoms with Gasteiger partial charge in [0, 0.05) is 18.1 Å². The summed E-state index contributed by atoms with van der Waals surface area (Å²) in [5, 5.41) is 10.9. The number of carbonyl (C=O) groups excluding carboxylic acids is 1. The third-order valence-corrected chi connectivity index (χ3v) is 2.55. The van der Waals surface area contributed by atoms with Gasteiger partial charge in [0.05, 0.1) is 11.5 Å². The molecule has 0 saturated carbocycles. The summed E-state index contributed by atoms with van der Waals surface area (Å²) in [6, 6.07) is 4.35. The number of ketones is 1. The van der Waals surface area contributed by atoms with Gasteiger partial charge in [0.25, 0.3) is 0 Å². The SMILES string of the molecule is CCCCOc1ccc(C(=O)CC)cc1[N+](=O)[O-].